The Hall–Kier alpha value is -1.88. The zero-order valence-electron chi connectivity index (χ0n) is 13.0. The van der Waals surface area contributed by atoms with Crippen LogP contribution in [0.3, 0.4) is 0 Å². The maximum absolute atomic E-state index is 12.5. The number of benzene rings is 1. The minimum Gasteiger partial charge on any atom is -0.368 e. The minimum atomic E-state index is 0.0656. The van der Waals surface area contributed by atoms with Crippen LogP contribution in [0.1, 0.15) is 35.3 Å². The molecule has 1 saturated heterocycles. The normalized spacial score (nSPS) is 15.4. The number of amides is 1. The van der Waals surface area contributed by atoms with Gasteiger partial charge in [0.1, 0.15) is 5.69 Å². The quantitative estimate of drug-likeness (QED) is 0.872. The van der Waals surface area contributed by atoms with Crippen LogP contribution in [0.4, 0.5) is 5.69 Å². The summed E-state index contributed by atoms with van der Waals surface area (Å²) in [6.07, 6.45) is 0. The lowest BCUT2D eigenvalue weighted by Gasteiger charge is -2.35. The van der Waals surface area contributed by atoms with E-state index in [0.29, 0.717) is 11.6 Å². The second-order valence-electron chi connectivity index (χ2n) is 5.84. The fourth-order valence-corrected chi connectivity index (χ4v) is 3.43. The maximum Gasteiger partial charge on any atom is 0.273 e. The monoisotopic (exact) mass is 315 g/mol. The van der Waals surface area contributed by atoms with E-state index in [1.54, 1.807) is 11.3 Å². The highest BCUT2D eigenvalue weighted by Gasteiger charge is 2.24. The molecule has 0 spiro atoms. The number of hydrogen-bond donors (Lipinski definition) is 0. The molecule has 1 aromatic carbocycles. The molecule has 1 aromatic heterocycles. The minimum absolute atomic E-state index is 0.0656. The van der Waals surface area contributed by atoms with Gasteiger partial charge in [0.25, 0.3) is 5.91 Å². The first-order valence-corrected chi connectivity index (χ1v) is 8.58. The number of anilines is 1. The lowest BCUT2D eigenvalue weighted by Crippen LogP contribution is -2.48. The number of para-hydroxylation sites is 1. The van der Waals surface area contributed by atoms with E-state index in [0.717, 1.165) is 31.2 Å². The highest BCUT2D eigenvalue weighted by molar-refractivity contribution is 7.09. The molecule has 1 fully saturated rings. The van der Waals surface area contributed by atoms with Crippen molar-refractivity contribution in [1.29, 1.82) is 0 Å². The smallest absolute Gasteiger partial charge is 0.273 e. The van der Waals surface area contributed by atoms with Crippen LogP contribution in [0.2, 0.25) is 0 Å². The predicted molar refractivity (Wildman–Crippen MR) is 90.8 cm³/mol. The lowest BCUT2D eigenvalue weighted by molar-refractivity contribution is 0.0741. The van der Waals surface area contributed by atoms with Crippen molar-refractivity contribution in [2.24, 2.45) is 0 Å². The summed E-state index contributed by atoms with van der Waals surface area (Å²) in [6, 6.07) is 10.4. The maximum atomic E-state index is 12.5. The molecule has 3 rings (SSSR count). The summed E-state index contributed by atoms with van der Waals surface area (Å²) in [7, 11) is 0. The van der Waals surface area contributed by atoms with Crippen LogP contribution >= 0.6 is 11.3 Å². The number of hydrogen-bond acceptors (Lipinski definition) is 4. The molecule has 2 aromatic rings. The molecule has 0 N–H and O–H groups in total. The van der Waals surface area contributed by atoms with Crippen molar-refractivity contribution in [2.45, 2.75) is 19.8 Å². The Labute approximate surface area is 135 Å². The van der Waals surface area contributed by atoms with Gasteiger partial charge in [0.2, 0.25) is 0 Å². The Kier molecular flexibility index (Phi) is 4.43. The average Bonchev–Trinajstić information content (AvgIpc) is 3.05. The number of nitrogens with zero attached hydrogens (tertiary/aromatic N) is 3. The first-order valence-electron chi connectivity index (χ1n) is 7.70. The van der Waals surface area contributed by atoms with Crippen molar-refractivity contribution >= 4 is 22.9 Å². The van der Waals surface area contributed by atoms with E-state index in [1.807, 2.05) is 16.3 Å². The Morgan fingerprint density at radius 3 is 2.41 bits per heavy atom. The Morgan fingerprint density at radius 2 is 1.82 bits per heavy atom. The summed E-state index contributed by atoms with van der Waals surface area (Å²) < 4.78 is 0. The molecule has 5 heteroatoms. The summed E-state index contributed by atoms with van der Waals surface area (Å²) in [5.41, 5.74) is 1.83. The zero-order valence-corrected chi connectivity index (χ0v) is 13.8. The number of carbonyl (C=O) groups is 1. The summed E-state index contributed by atoms with van der Waals surface area (Å²) in [5.74, 6) is 0.442. The second-order valence-corrected chi connectivity index (χ2v) is 6.73. The van der Waals surface area contributed by atoms with E-state index in [-0.39, 0.29) is 5.91 Å². The molecule has 0 aliphatic carbocycles. The van der Waals surface area contributed by atoms with Gasteiger partial charge in [0, 0.05) is 43.2 Å². The third kappa shape index (κ3) is 3.14. The Bertz CT molecular complexity index is 630. The fraction of sp³-hybridized carbons (Fsp3) is 0.412. The Morgan fingerprint density at radius 1 is 1.14 bits per heavy atom. The van der Waals surface area contributed by atoms with E-state index in [9.17, 15) is 4.79 Å². The molecule has 0 atom stereocenters. The highest BCUT2D eigenvalue weighted by Crippen LogP contribution is 2.21. The third-order valence-corrected chi connectivity index (χ3v) is 5.07. The van der Waals surface area contributed by atoms with Crippen LogP contribution in [0.15, 0.2) is 35.7 Å². The van der Waals surface area contributed by atoms with Gasteiger partial charge in [0.15, 0.2) is 0 Å². The third-order valence-electron chi connectivity index (χ3n) is 3.92. The van der Waals surface area contributed by atoms with Crippen LogP contribution < -0.4 is 4.90 Å². The number of aromatic nitrogens is 1. The van der Waals surface area contributed by atoms with E-state index >= 15 is 0 Å². The van der Waals surface area contributed by atoms with Gasteiger partial charge in [-0.25, -0.2) is 4.98 Å². The van der Waals surface area contributed by atoms with E-state index in [4.69, 9.17) is 0 Å². The Balaban J connectivity index is 1.62. The van der Waals surface area contributed by atoms with Crippen LogP contribution in [0.5, 0.6) is 0 Å². The molecule has 1 aliphatic rings. The van der Waals surface area contributed by atoms with Gasteiger partial charge < -0.3 is 9.80 Å². The van der Waals surface area contributed by atoms with Gasteiger partial charge in [-0.05, 0) is 12.1 Å². The summed E-state index contributed by atoms with van der Waals surface area (Å²) in [6.45, 7) is 7.45. The molecular weight excluding hydrogens is 294 g/mol. The van der Waals surface area contributed by atoms with Crippen molar-refractivity contribution in [3.63, 3.8) is 0 Å². The number of rotatable bonds is 3. The largest absolute Gasteiger partial charge is 0.368 e. The van der Waals surface area contributed by atoms with Crippen LogP contribution in [-0.2, 0) is 0 Å². The standard InChI is InChI=1S/C17H21N3OS/c1-13(2)16-18-15(12-22-16)17(21)20-10-8-19(9-11-20)14-6-4-3-5-7-14/h3-7,12-13H,8-11H2,1-2H3. The molecule has 1 amide bonds. The van der Waals surface area contributed by atoms with Crippen LogP contribution in [0.25, 0.3) is 0 Å². The fourth-order valence-electron chi connectivity index (χ4n) is 2.62. The van der Waals surface area contributed by atoms with Crippen molar-refractivity contribution in [3.8, 4) is 0 Å². The predicted octanol–water partition coefficient (Wildman–Crippen LogP) is 3.23. The van der Waals surface area contributed by atoms with Gasteiger partial charge in [-0.15, -0.1) is 11.3 Å². The molecule has 4 nitrogen and oxygen atoms in total. The van der Waals surface area contributed by atoms with Crippen LogP contribution in [0, 0.1) is 0 Å². The molecular formula is C17H21N3OS. The SMILES string of the molecule is CC(C)c1nc(C(=O)N2CCN(c3ccccc3)CC2)cs1. The van der Waals surface area contributed by atoms with Crippen molar-refractivity contribution in [2.75, 3.05) is 31.1 Å². The highest BCUT2D eigenvalue weighted by atomic mass is 32.1. The summed E-state index contributed by atoms with van der Waals surface area (Å²) in [5, 5.41) is 2.92. The molecule has 1 aliphatic heterocycles. The van der Waals surface area contributed by atoms with E-state index in [2.05, 4.69) is 48.0 Å². The van der Waals surface area contributed by atoms with E-state index in [1.165, 1.54) is 5.69 Å². The van der Waals surface area contributed by atoms with Crippen LogP contribution in [-0.4, -0.2) is 42.0 Å². The molecule has 22 heavy (non-hydrogen) atoms. The zero-order chi connectivity index (χ0) is 15.5. The van der Waals surface area contributed by atoms with Crippen molar-refractivity contribution in [3.05, 3.63) is 46.4 Å². The average molecular weight is 315 g/mol. The number of thiazole rings is 1. The first kappa shape index (κ1) is 15.0. The topological polar surface area (TPSA) is 36.4 Å². The van der Waals surface area contributed by atoms with Crippen molar-refractivity contribution in [1.82, 2.24) is 9.88 Å². The van der Waals surface area contributed by atoms with Gasteiger partial charge in [-0.2, -0.15) is 0 Å². The molecule has 2 heterocycles. The summed E-state index contributed by atoms with van der Waals surface area (Å²) in [4.78, 5) is 21.2. The second kappa shape index (κ2) is 6.48. The summed E-state index contributed by atoms with van der Waals surface area (Å²) >= 11 is 1.58. The number of piperazine rings is 1. The molecule has 0 bridgehead atoms. The number of carbonyl (C=O) groups excluding carboxylic acids is 1. The van der Waals surface area contributed by atoms with Crippen molar-refractivity contribution < 1.29 is 4.79 Å². The van der Waals surface area contributed by atoms with Gasteiger partial charge in [0.05, 0.1) is 5.01 Å². The molecule has 0 unspecified atom stereocenters. The molecule has 0 radical (unpaired) electrons. The molecule has 116 valence electrons. The van der Waals surface area contributed by atoms with Gasteiger partial charge >= 0.3 is 0 Å². The first-order chi connectivity index (χ1) is 10.6. The van der Waals surface area contributed by atoms with E-state index < -0.39 is 0 Å². The van der Waals surface area contributed by atoms with Gasteiger partial charge in [-0.1, -0.05) is 32.0 Å². The van der Waals surface area contributed by atoms with Gasteiger partial charge in [-0.3, -0.25) is 4.79 Å². The lowest BCUT2D eigenvalue weighted by atomic mass is 10.2. The molecule has 0 saturated carbocycles.